The first kappa shape index (κ1) is 19.0. The highest BCUT2D eigenvalue weighted by Gasteiger charge is 2.15. The first-order chi connectivity index (χ1) is 14.7. The lowest BCUT2D eigenvalue weighted by molar-refractivity contribution is 0.300. The summed E-state index contributed by atoms with van der Waals surface area (Å²) in [6.45, 7) is 2.20. The first-order valence-corrected chi connectivity index (χ1v) is 10.7. The Labute approximate surface area is 176 Å². The summed E-state index contributed by atoms with van der Waals surface area (Å²) in [6, 6.07) is 12.3. The van der Waals surface area contributed by atoms with Crippen molar-refractivity contribution in [2.45, 2.75) is 19.4 Å². The molecule has 0 radical (unpaired) electrons. The van der Waals surface area contributed by atoms with Gasteiger partial charge in [0.05, 0.1) is 17.6 Å². The molecule has 0 saturated carbocycles. The fourth-order valence-electron chi connectivity index (χ4n) is 3.77. The summed E-state index contributed by atoms with van der Waals surface area (Å²) in [7, 11) is 0. The zero-order chi connectivity index (χ0) is 20.5. The van der Waals surface area contributed by atoms with Crippen molar-refractivity contribution in [1.29, 1.82) is 0 Å². The van der Waals surface area contributed by atoms with Crippen LogP contribution < -0.4 is 15.6 Å². The van der Waals surface area contributed by atoms with E-state index in [1.54, 1.807) is 22.9 Å². The van der Waals surface area contributed by atoms with E-state index in [1.165, 1.54) is 32.7 Å². The summed E-state index contributed by atoms with van der Waals surface area (Å²) in [5.74, 6) is 0.0657. The summed E-state index contributed by atoms with van der Waals surface area (Å²) in [5, 5.41) is 4.74. The minimum absolute atomic E-state index is 0.166. The number of pyridine rings is 2. The van der Waals surface area contributed by atoms with Crippen LogP contribution in [-0.4, -0.2) is 22.6 Å². The van der Waals surface area contributed by atoms with Crippen LogP contribution in [0.5, 0.6) is 5.75 Å². The molecule has 0 aliphatic carbocycles. The van der Waals surface area contributed by atoms with Gasteiger partial charge in [-0.3, -0.25) is 14.3 Å². The van der Waals surface area contributed by atoms with Gasteiger partial charge in [0.1, 0.15) is 18.2 Å². The number of nitrogens with one attached hydrogen (secondary N) is 1. The van der Waals surface area contributed by atoms with Crippen LogP contribution in [0.25, 0.3) is 15.8 Å². The number of nitrogens with zero attached hydrogens (tertiary/aromatic N) is 2. The predicted octanol–water partition coefficient (Wildman–Crippen LogP) is 3.85. The van der Waals surface area contributed by atoms with E-state index in [0.29, 0.717) is 11.4 Å². The Hall–Kier alpha value is -3.03. The standard InChI is InChI=1S/C23H20FN3O2S/c24-15-1-2-16(26-13-15)14-29-18-7-10-27(23(28)12-18)17-3-4-19-20-5-8-25-9-6-21(20)30-22(19)11-17/h1-4,7,10-13,25H,5-6,8-9,14H2. The molecule has 4 aromatic rings. The van der Waals surface area contributed by atoms with Crippen molar-refractivity contribution >= 4 is 21.4 Å². The molecule has 5 rings (SSSR count). The van der Waals surface area contributed by atoms with Gasteiger partial charge in [-0.15, -0.1) is 11.3 Å². The molecular weight excluding hydrogens is 401 g/mol. The maximum Gasteiger partial charge on any atom is 0.258 e. The summed E-state index contributed by atoms with van der Waals surface area (Å²) in [6.07, 6.45) is 4.97. The van der Waals surface area contributed by atoms with E-state index in [1.807, 2.05) is 17.4 Å². The monoisotopic (exact) mass is 421 g/mol. The molecule has 5 nitrogen and oxygen atoms in total. The molecule has 0 amide bonds. The van der Waals surface area contributed by atoms with E-state index in [0.717, 1.165) is 37.8 Å². The fourth-order valence-corrected chi connectivity index (χ4v) is 5.05. The summed E-state index contributed by atoms with van der Waals surface area (Å²) in [4.78, 5) is 18.1. The minimum atomic E-state index is -0.392. The molecule has 1 aliphatic rings. The Bertz CT molecular complexity index is 1260. The molecule has 1 aliphatic heterocycles. The topological polar surface area (TPSA) is 56.1 Å². The molecule has 4 heterocycles. The molecule has 0 saturated heterocycles. The largest absolute Gasteiger partial charge is 0.487 e. The Morgan fingerprint density at radius 3 is 2.87 bits per heavy atom. The smallest absolute Gasteiger partial charge is 0.258 e. The normalized spacial score (nSPS) is 13.8. The SMILES string of the molecule is O=c1cc(OCc2ccc(F)cn2)ccn1-c1ccc2c3c(sc2c1)CCNCC3. The third-order valence-electron chi connectivity index (χ3n) is 5.29. The Morgan fingerprint density at radius 1 is 1.13 bits per heavy atom. The van der Waals surface area contributed by atoms with E-state index in [-0.39, 0.29) is 12.2 Å². The zero-order valence-electron chi connectivity index (χ0n) is 16.2. The maximum atomic E-state index is 12.9. The Balaban J connectivity index is 1.39. The number of benzene rings is 1. The quantitative estimate of drug-likeness (QED) is 0.544. The highest BCUT2D eigenvalue weighted by Crippen LogP contribution is 2.34. The molecule has 0 spiro atoms. The number of halogens is 1. The Kier molecular flexibility index (Phi) is 5.06. The molecule has 0 atom stereocenters. The molecule has 0 bridgehead atoms. The first-order valence-electron chi connectivity index (χ1n) is 9.89. The van der Waals surface area contributed by atoms with Gasteiger partial charge >= 0.3 is 0 Å². The van der Waals surface area contributed by atoms with Crippen molar-refractivity contribution in [3.8, 4) is 11.4 Å². The van der Waals surface area contributed by atoms with Crippen LogP contribution >= 0.6 is 11.3 Å². The maximum absolute atomic E-state index is 12.9. The van der Waals surface area contributed by atoms with Gasteiger partial charge in [0.2, 0.25) is 0 Å². The van der Waals surface area contributed by atoms with Gasteiger partial charge in [0.25, 0.3) is 5.56 Å². The lowest BCUT2D eigenvalue weighted by Gasteiger charge is -2.09. The summed E-state index contributed by atoms with van der Waals surface area (Å²) < 4.78 is 21.4. The van der Waals surface area contributed by atoms with E-state index in [9.17, 15) is 9.18 Å². The number of thiophene rings is 1. The van der Waals surface area contributed by atoms with Crippen LogP contribution in [0.2, 0.25) is 0 Å². The second-order valence-electron chi connectivity index (χ2n) is 7.26. The third kappa shape index (κ3) is 3.74. The highest BCUT2D eigenvalue weighted by atomic mass is 32.1. The minimum Gasteiger partial charge on any atom is -0.487 e. The average Bonchev–Trinajstić information content (AvgIpc) is 2.93. The molecule has 7 heteroatoms. The highest BCUT2D eigenvalue weighted by molar-refractivity contribution is 7.19. The van der Waals surface area contributed by atoms with Crippen LogP contribution in [0.15, 0.2) is 59.7 Å². The van der Waals surface area contributed by atoms with E-state index in [2.05, 4.69) is 22.4 Å². The fraction of sp³-hybridized carbons (Fsp3) is 0.217. The van der Waals surface area contributed by atoms with Crippen molar-refractivity contribution in [2.24, 2.45) is 0 Å². The van der Waals surface area contributed by atoms with Gasteiger partial charge in [0.15, 0.2) is 0 Å². The van der Waals surface area contributed by atoms with Crippen LogP contribution in [-0.2, 0) is 19.4 Å². The van der Waals surface area contributed by atoms with Gasteiger partial charge in [0, 0.05) is 21.8 Å². The van der Waals surface area contributed by atoms with Gasteiger partial charge < -0.3 is 10.1 Å². The van der Waals surface area contributed by atoms with Crippen LogP contribution in [0.3, 0.4) is 0 Å². The van der Waals surface area contributed by atoms with Crippen LogP contribution in [0.1, 0.15) is 16.1 Å². The third-order valence-corrected chi connectivity index (χ3v) is 6.54. The second kappa shape index (κ2) is 8.01. The molecule has 0 fully saturated rings. The summed E-state index contributed by atoms with van der Waals surface area (Å²) >= 11 is 1.82. The molecule has 3 aromatic heterocycles. The number of aromatic nitrogens is 2. The second-order valence-corrected chi connectivity index (χ2v) is 8.40. The average molecular weight is 421 g/mol. The molecule has 1 aromatic carbocycles. The van der Waals surface area contributed by atoms with Gasteiger partial charge in [-0.05, 0) is 67.2 Å². The van der Waals surface area contributed by atoms with E-state index >= 15 is 0 Å². The van der Waals surface area contributed by atoms with Crippen molar-refractivity contribution in [1.82, 2.24) is 14.9 Å². The van der Waals surface area contributed by atoms with Crippen LogP contribution in [0.4, 0.5) is 4.39 Å². The van der Waals surface area contributed by atoms with Crippen molar-refractivity contribution in [2.75, 3.05) is 13.1 Å². The molecule has 0 unspecified atom stereocenters. The number of ether oxygens (including phenoxy) is 1. The Morgan fingerprint density at radius 2 is 2.03 bits per heavy atom. The number of hydrogen-bond acceptors (Lipinski definition) is 5. The van der Waals surface area contributed by atoms with Gasteiger partial charge in [-0.1, -0.05) is 6.07 Å². The van der Waals surface area contributed by atoms with Gasteiger partial charge in [-0.2, -0.15) is 0 Å². The molecule has 30 heavy (non-hydrogen) atoms. The van der Waals surface area contributed by atoms with Crippen LogP contribution in [0, 0.1) is 5.82 Å². The number of hydrogen-bond donors (Lipinski definition) is 1. The summed E-state index contributed by atoms with van der Waals surface area (Å²) in [5.41, 5.74) is 2.71. The number of fused-ring (bicyclic) bond motifs is 3. The molecular formula is C23H20FN3O2S. The predicted molar refractivity (Wildman–Crippen MR) is 116 cm³/mol. The van der Waals surface area contributed by atoms with E-state index in [4.69, 9.17) is 4.74 Å². The van der Waals surface area contributed by atoms with Crippen molar-refractivity contribution in [3.05, 3.63) is 87.2 Å². The number of rotatable bonds is 4. The van der Waals surface area contributed by atoms with Crippen molar-refractivity contribution < 1.29 is 9.13 Å². The lowest BCUT2D eigenvalue weighted by atomic mass is 10.1. The lowest BCUT2D eigenvalue weighted by Crippen LogP contribution is -2.17. The van der Waals surface area contributed by atoms with Gasteiger partial charge in [-0.25, -0.2) is 4.39 Å². The van der Waals surface area contributed by atoms with Crippen molar-refractivity contribution in [3.63, 3.8) is 0 Å². The van der Waals surface area contributed by atoms with E-state index < -0.39 is 5.82 Å². The molecule has 1 N–H and O–H groups in total. The molecule has 152 valence electrons. The zero-order valence-corrected chi connectivity index (χ0v) is 17.0.